The number of methoxy groups -OCH3 is 1. The van der Waals surface area contributed by atoms with Gasteiger partial charge in [0.05, 0.1) is 7.11 Å². The van der Waals surface area contributed by atoms with Crippen molar-refractivity contribution in [3.05, 3.63) is 92.7 Å². The quantitative estimate of drug-likeness (QED) is 0.260. The smallest absolute Gasteiger partial charge is 0.441 e. The lowest BCUT2D eigenvalue weighted by Crippen LogP contribution is -2.23. The molecule has 2 saturated carbocycles. The number of rotatable bonds is 9. The molecule has 0 spiro atoms. The number of hydrogen-bond acceptors (Lipinski definition) is 8. The largest absolute Gasteiger partial charge is 0.497 e. The van der Waals surface area contributed by atoms with E-state index in [9.17, 15) is 9.59 Å². The summed E-state index contributed by atoms with van der Waals surface area (Å²) in [6, 6.07) is 11.7. The molecule has 1 aromatic carbocycles. The number of pyridine rings is 1. The maximum absolute atomic E-state index is 11.9. The Labute approximate surface area is 245 Å². The van der Waals surface area contributed by atoms with Gasteiger partial charge < -0.3 is 4.74 Å². The van der Waals surface area contributed by atoms with E-state index < -0.39 is 0 Å². The first kappa shape index (κ1) is 29.5. The van der Waals surface area contributed by atoms with E-state index in [-0.39, 0.29) is 11.5 Å². The van der Waals surface area contributed by atoms with Crippen molar-refractivity contribution in [2.75, 3.05) is 7.11 Å². The van der Waals surface area contributed by atoms with Crippen LogP contribution in [0, 0.1) is 11.8 Å². The van der Waals surface area contributed by atoms with E-state index >= 15 is 0 Å². The lowest BCUT2D eigenvalue weighted by Gasteiger charge is -2.21. The SMILES string of the molecule is COc1ccc(Cc2noc(=O)n2CC2CCCCC2)cc1.O=c1onc(Cc2ccncc2)n1CC1CCCCC1. The molecule has 3 heterocycles. The molecule has 0 amide bonds. The van der Waals surface area contributed by atoms with Crippen LogP contribution in [0.5, 0.6) is 5.75 Å². The molecule has 0 aliphatic heterocycles. The van der Waals surface area contributed by atoms with E-state index in [1.54, 1.807) is 28.6 Å². The van der Waals surface area contributed by atoms with E-state index in [1.807, 2.05) is 36.4 Å². The summed E-state index contributed by atoms with van der Waals surface area (Å²) in [5.41, 5.74) is 2.18. The van der Waals surface area contributed by atoms with Gasteiger partial charge in [0.15, 0.2) is 11.6 Å². The molecule has 2 fully saturated rings. The topological polar surface area (TPSA) is 118 Å². The minimum atomic E-state index is -0.339. The second-order valence-corrected chi connectivity index (χ2v) is 11.5. The van der Waals surface area contributed by atoms with E-state index in [1.165, 1.54) is 64.2 Å². The van der Waals surface area contributed by atoms with Gasteiger partial charge in [0, 0.05) is 38.3 Å². The highest BCUT2D eigenvalue weighted by Gasteiger charge is 2.20. The second kappa shape index (κ2) is 14.8. The van der Waals surface area contributed by atoms with Crippen LogP contribution in [-0.2, 0) is 25.9 Å². The monoisotopic (exact) mass is 575 g/mol. The van der Waals surface area contributed by atoms with E-state index in [4.69, 9.17) is 13.8 Å². The molecule has 0 radical (unpaired) electrons. The lowest BCUT2D eigenvalue weighted by atomic mass is 9.89. The lowest BCUT2D eigenvalue weighted by molar-refractivity contribution is 0.303. The molecule has 3 aromatic heterocycles. The Morgan fingerprint density at radius 3 is 1.60 bits per heavy atom. The minimum Gasteiger partial charge on any atom is -0.497 e. The normalized spacial score (nSPS) is 16.1. The van der Waals surface area contributed by atoms with Crippen molar-refractivity contribution in [1.82, 2.24) is 24.4 Å². The van der Waals surface area contributed by atoms with Gasteiger partial charge in [-0.2, -0.15) is 0 Å². The van der Waals surface area contributed by atoms with Crippen LogP contribution in [0.2, 0.25) is 0 Å². The number of aromatic nitrogens is 5. The van der Waals surface area contributed by atoms with Gasteiger partial charge in [0.2, 0.25) is 0 Å². The van der Waals surface area contributed by atoms with Crippen molar-refractivity contribution < 1.29 is 13.8 Å². The highest BCUT2D eigenvalue weighted by atomic mass is 16.5. The van der Waals surface area contributed by atoms with Crippen LogP contribution in [0.25, 0.3) is 0 Å². The Morgan fingerprint density at radius 1 is 0.690 bits per heavy atom. The highest BCUT2D eigenvalue weighted by molar-refractivity contribution is 5.28. The zero-order valence-electron chi connectivity index (χ0n) is 24.5. The van der Waals surface area contributed by atoms with Gasteiger partial charge in [-0.25, -0.2) is 9.59 Å². The minimum absolute atomic E-state index is 0.334. The number of nitrogens with zero attached hydrogens (tertiary/aromatic N) is 5. The summed E-state index contributed by atoms with van der Waals surface area (Å²) in [7, 11) is 1.65. The summed E-state index contributed by atoms with van der Waals surface area (Å²) in [4.78, 5) is 27.7. The predicted molar refractivity (Wildman–Crippen MR) is 158 cm³/mol. The maximum atomic E-state index is 11.9. The molecule has 0 N–H and O–H groups in total. The van der Waals surface area contributed by atoms with E-state index in [2.05, 4.69) is 15.3 Å². The van der Waals surface area contributed by atoms with Gasteiger partial charge in [-0.15, -0.1) is 0 Å². The van der Waals surface area contributed by atoms with Crippen LogP contribution in [0.4, 0.5) is 0 Å². The van der Waals surface area contributed by atoms with Gasteiger partial charge in [0.1, 0.15) is 5.75 Å². The molecule has 10 nitrogen and oxygen atoms in total. The molecule has 0 bridgehead atoms. The van der Waals surface area contributed by atoms with E-state index in [0.29, 0.717) is 36.3 Å². The Morgan fingerprint density at radius 2 is 1.14 bits per heavy atom. The van der Waals surface area contributed by atoms with Crippen LogP contribution < -0.4 is 16.2 Å². The van der Waals surface area contributed by atoms with Crippen LogP contribution in [0.15, 0.2) is 67.4 Å². The molecule has 0 saturated heterocycles. The Bertz CT molecular complexity index is 1480. The van der Waals surface area contributed by atoms with Crippen molar-refractivity contribution in [3.8, 4) is 5.75 Å². The number of ether oxygens (including phenoxy) is 1. The Hall–Kier alpha value is -3.95. The van der Waals surface area contributed by atoms with Gasteiger partial charge >= 0.3 is 11.5 Å². The Kier molecular flexibility index (Phi) is 10.4. The van der Waals surface area contributed by atoms with Gasteiger partial charge in [-0.05, 0) is 72.9 Å². The maximum Gasteiger partial charge on any atom is 0.441 e. The van der Waals surface area contributed by atoms with Crippen molar-refractivity contribution in [2.45, 2.75) is 90.1 Å². The number of hydrogen-bond donors (Lipinski definition) is 0. The molecule has 2 aliphatic carbocycles. The van der Waals surface area contributed by atoms with Gasteiger partial charge in [-0.3, -0.25) is 23.2 Å². The molecule has 0 atom stereocenters. The molecule has 6 rings (SSSR count). The zero-order valence-corrected chi connectivity index (χ0v) is 24.5. The van der Waals surface area contributed by atoms with Gasteiger partial charge in [0.25, 0.3) is 0 Å². The fourth-order valence-electron chi connectivity index (χ4n) is 6.07. The van der Waals surface area contributed by atoms with Gasteiger partial charge in [-0.1, -0.05) is 61.0 Å². The van der Waals surface area contributed by atoms with Crippen molar-refractivity contribution in [2.24, 2.45) is 11.8 Å². The first-order valence-electron chi connectivity index (χ1n) is 15.2. The first-order chi connectivity index (χ1) is 20.6. The van der Waals surface area contributed by atoms with Crippen LogP contribution in [0.3, 0.4) is 0 Å². The second-order valence-electron chi connectivity index (χ2n) is 11.5. The standard InChI is InChI=1S/C17H22N2O3.C15H19N3O2/c1-21-15-9-7-13(8-10-15)11-16-18-22-17(20)19(16)12-14-5-3-2-4-6-14;19-15-18(11-13-4-2-1-3-5-13)14(17-20-15)10-12-6-8-16-9-7-12/h7-10,14H,2-6,11-12H2,1H3;6-9,13H,1-5,10-11H2. The molecule has 224 valence electrons. The third-order valence-corrected chi connectivity index (χ3v) is 8.49. The summed E-state index contributed by atoms with van der Waals surface area (Å²) in [5.74, 6) is 2.72. The summed E-state index contributed by atoms with van der Waals surface area (Å²) < 4.78 is 18.3. The zero-order chi connectivity index (χ0) is 29.1. The Balaban J connectivity index is 0.000000169. The molecule has 0 unspecified atom stereocenters. The summed E-state index contributed by atoms with van der Waals surface area (Å²) >= 11 is 0. The van der Waals surface area contributed by atoms with Crippen LogP contribution >= 0.6 is 0 Å². The molecule has 2 aliphatic rings. The summed E-state index contributed by atoms with van der Waals surface area (Å²) in [5, 5.41) is 7.89. The van der Waals surface area contributed by atoms with E-state index in [0.717, 1.165) is 30.0 Å². The number of benzene rings is 1. The molecular formula is C32H41N5O5. The molecule has 10 heteroatoms. The molecular weight excluding hydrogens is 534 g/mol. The first-order valence-corrected chi connectivity index (χ1v) is 15.2. The average Bonchev–Trinajstić information content (AvgIpc) is 3.55. The van der Waals surface area contributed by atoms with Crippen molar-refractivity contribution >= 4 is 0 Å². The highest BCUT2D eigenvalue weighted by Crippen LogP contribution is 2.26. The van der Waals surface area contributed by atoms with Crippen molar-refractivity contribution in [1.29, 1.82) is 0 Å². The fourth-order valence-corrected chi connectivity index (χ4v) is 6.07. The fraction of sp³-hybridized carbons (Fsp3) is 0.531. The predicted octanol–water partition coefficient (Wildman–Crippen LogP) is 5.42. The average molecular weight is 576 g/mol. The van der Waals surface area contributed by atoms with Crippen LogP contribution in [-0.4, -0.2) is 31.5 Å². The molecule has 42 heavy (non-hydrogen) atoms. The van der Waals surface area contributed by atoms with Crippen LogP contribution in [0.1, 0.15) is 87.0 Å². The third-order valence-electron chi connectivity index (χ3n) is 8.49. The third kappa shape index (κ3) is 8.08. The summed E-state index contributed by atoms with van der Waals surface area (Å²) in [6.45, 7) is 1.47. The summed E-state index contributed by atoms with van der Waals surface area (Å²) in [6.07, 6.45) is 17.2. The van der Waals surface area contributed by atoms with Crippen molar-refractivity contribution in [3.63, 3.8) is 0 Å². The molecule has 4 aromatic rings.